The first-order chi connectivity index (χ1) is 10.0. The first-order valence-electron chi connectivity index (χ1n) is 7.12. The number of rotatable bonds is 5. The number of aromatic nitrogens is 1. The van der Waals surface area contributed by atoms with Crippen molar-refractivity contribution >= 4 is 15.9 Å². The predicted molar refractivity (Wildman–Crippen MR) is 90.0 cm³/mol. The van der Waals surface area contributed by atoms with Crippen molar-refractivity contribution in [1.29, 1.82) is 0 Å². The normalized spacial score (nSPS) is 10.7. The molecule has 0 amide bonds. The molecule has 1 heterocycles. The maximum absolute atomic E-state index is 5.93. The van der Waals surface area contributed by atoms with Crippen LogP contribution in [0.15, 0.2) is 28.9 Å². The summed E-state index contributed by atoms with van der Waals surface area (Å²) in [6.45, 7) is 10.0. The number of pyridine rings is 1. The molecule has 0 aliphatic heterocycles. The van der Waals surface area contributed by atoms with Crippen LogP contribution in [0.1, 0.15) is 29.2 Å². The summed E-state index contributed by atoms with van der Waals surface area (Å²) in [6, 6.07) is 6.15. The Kier molecular flexibility index (Phi) is 5.37. The lowest BCUT2D eigenvalue weighted by atomic mass is 10.1. The third kappa shape index (κ3) is 4.05. The van der Waals surface area contributed by atoms with Crippen LogP contribution in [0.5, 0.6) is 11.6 Å². The second-order valence-corrected chi connectivity index (χ2v) is 6.01. The van der Waals surface area contributed by atoms with Crippen molar-refractivity contribution in [1.82, 2.24) is 10.3 Å². The average Bonchev–Trinajstić information content (AvgIpc) is 2.45. The topological polar surface area (TPSA) is 34.2 Å². The minimum Gasteiger partial charge on any atom is -0.439 e. The van der Waals surface area contributed by atoms with E-state index in [9.17, 15) is 0 Å². The Hall–Kier alpha value is -1.39. The lowest BCUT2D eigenvalue weighted by Gasteiger charge is -2.12. The molecule has 3 nitrogen and oxygen atoms in total. The van der Waals surface area contributed by atoms with Gasteiger partial charge in [0, 0.05) is 22.8 Å². The highest BCUT2D eigenvalue weighted by Gasteiger charge is 2.08. The molecule has 0 saturated carbocycles. The Labute approximate surface area is 134 Å². The molecule has 0 spiro atoms. The summed E-state index contributed by atoms with van der Waals surface area (Å²) in [6.07, 6.45) is 1.86. The molecular formula is C17H21BrN2O. The molecule has 1 N–H and O–H groups in total. The zero-order valence-electron chi connectivity index (χ0n) is 13.0. The van der Waals surface area contributed by atoms with E-state index in [1.165, 1.54) is 5.56 Å². The van der Waals surface area contributed by atoms with E-state index < -0.39 is 0 Å². The molecule has 0 fully saturated rings. The van der Waals surface area contributed by atoms with Crippen LogP contribution in [0.2, 0.25) is 0 Å². The third-order valence-electron chi connectivity index (χ3n) is 3.29. The van der Waals surface area contributed by atoms with Crippen LogP contribution in [0.3, 0.4) is 0 Å². The fourth-order valence-corrected chi connectivity index (χ4v) is 2.40. The predicted octanol–water partition coefficient (Wildman–Crippen LogP) is 4.67. The summed E-state index contributed by atoms with van der Waals surface area (Å²) < 4.78 is 7.06. The molecular weight excluding hydrogens is 328 g/mol. The zero-order valence-corrected chi connectivity index (χ0v) is 14.5. The largest absolute Gasteiger partial charge is 0.439 e. The van der Waals surface area contributed by atoms with Gasteiger partial charge in [-0.25, -0.2) is 4.98 Å². The number of halogens is 1. The summed E-state index contributed by atoms with van der Waals surface area (Å²) >= 11 is 3.57. The van der Waals surface area contributed by atoms with Gasteiger partial charge in [0.25, 0.3) is 0 Å². The minimum absolute atomic E-state index is 0.663. The van der Waals surface area contributed by atoms with Crippen molar-refractivity contribution in [3.8, 4) is 11.6 Å². The van der Waals surface area contributed by atoms with Crippen molar-refractivity contribution in [3.05, 3.63) is 51.1 Å². The zero-order chi connectivity index (χ0) is 15.4. The van der Waals surface area contributed by atoms with E-state index in [1.54, 1.807) is 0 Å². The summed E-state index contributed by atoms with van der Waals surface area (Å²) in [4.78, 5) is 4.43. The van der Waals surface area contributed by atoms with Gasteiger partial charge in [-0.3, -0.25) is 0 Å². The van der Waals surface area contributed by atoms with Gasteiger partial charge in [0.1, 0.15) is 5.75 Å². The fourth-order valence-electron chi connectivity index (χ4n) is 2.17. The van der Waals surface area contributed by atoms with Crippen LogP contribution in [0.4, 0.5) is 0 Å². The molecule has 112 valence electrons. The van der Waals surface area contributed by atoms with Gasteiger partial charge in [-0.05, 0) is 62.2 Å². The number of hydrogen-bond acceptors (Lipinski definition) is 3. The van der Waals surface area contributed by atoms with E-state index in [0.29, 0.717) is 5.88 Å². The lowest BCUT2D eigenvalue weighted by molar-refractivity contribution is 0.457. The van der Waals surface area contributed by atoms with Crippen LogP contribution in [-0.2, 0) is 6.54 Å². The molecule has 0 radical (unpaired) electrons. The molecule has 0 bridgehead atoms. The molecule has 1 aromatic carbocycles. The van der Waals surface area contributed by atoms with Crippen LogP contribution in [0, 0.1) is 20.8 Å². The molecule has 0 aliphatic rings. The fraction of sp³-hybridized carbons (Fsp3) is 0.353. The monoisotopic (exact) mass is 348 g/mol. The lowest BCUT2D eigenvalue weighted by Crippen LogP contribution is -2.12. The number of nitrogens with one attached hydrogen (secondary N) is 1. The van der Waals surface area contributed by atoms with Gasteiger partial charge < -0.3 is 10.1 Å². The Bertz CT molecular complexity index is 618. The second kappa shape index (κ2) is 7.05. The molecule has 4 heteroatoms. The van der Waals surface area contributed by atoms with E-state index in [0.717, 1.165) is 40.0 Å². The molecule has 21 heavy (non-hydrogen) atoms. The van der Waals surface area contributed by atoms with Crippen molar-refractivity contribution < 1.29 is 4.74 Å². The maximum atomic E-state index is 5.93. The number of benzene rings is 1. The van der Waals surface area contributed by atoms with Crippen molar-refractivity contribution in [2.24, 2.45) is 0 Å². The highest BCUT2D eigenvalue weighted by atomic mass is 79.9. The van der Waals surface area contributed by atoms with E-state index in [2.05, 4.69) is 53.1 Å². The highest BCUT2D eigenvalue weighted by Crippen LogP contribution is 2.30. The van der Waals surface area contributed by atoms with Crippen LogP contribution < -0.4 is 10.1 Å². The van der Waals surface area contributed by atoms with Crippen molar-refractivity contribution in [2.45, 2.75) is 34.2 Å². The molecule has 0 atom stereocenters. The average molecular weight is 349 g/mol. The van der Waals surface area contributed by atoms with E-state index in [1.807, 2.05) is 25.3 Å². The highest BCUT2D eigenvalue weighted by molar-refractivity contribution is 9.10. The summed E-state index contributed by atoms with van der Waals surface area (Å²) in [5.74, 6) is 1.49. The van der Waals surface area contributed by atoms with Gasteiger partial charge in [-0.15, -0.1) is 0 Å². The number of nitrogens with zero attached hydrogens (tertiary/aromatic N) is 1. The van der Waals surface area contributed by atoms with Crippen LogP contribution in [0.25, 0.3) is 0 Å². The Balaban J connectivity index is 2.20. The van der Waals surface area contributed by atoms with E-state index in [-0.39, 0.29) is 0 Å². The standard InChI is InChI=1S/C17H21BrN2O/c1-5-19-9-14-6-13(4)17(20-10-14)21-15-7-11(2)16(18)12(3)8-15/h6-8,10,19H,5,9H2,1-4H3. The van der Waals surface area contributed by atoms with Gasteiger partial charge in [-0.1, -0.05) is 22.9 Å². The third-order valence-corrected chi connectivity index (χ3v) is 4.54. The Morgan fingerprint density at radius 3 is 2.33 bits per heavy atom. The van der Waals surface area contributed by atoms with Crippen molar-refractivity contribution in [3.63, 3.8) is 0 Å². The number of hydrogen-bond donors (Lipinski definition) is 1. The summed E-state index contributed by atoms with van der Waals surface area (Å²) in [7, 11) is 0. The van der Waals surface area contributed by atoms with Crippen LogP contribution in [-0.4, -0.2) is 11.5 Å². The van der Waals surface area contributed by atoms with Crippen molar-refractivity contribution in [2.75, 3.05) is 6.54 Å². The molecule has 0 unspecified atom stereocenters. The molecule has 2 rings (SSSR count). The smallest absolute Gasteiger partial charge is 0.222 e. The number of ether oxygens (including phenoxy) is 1. The van der Waals surface area contributed by atoms with E-state index >= 15 is 0 Å². The Morgan fingerprint density at radius 2 is 1.76 bits per heavy atom. The van der Waals surface area contributed by atoms with Gasteiger partial charge >= 0.3 is 0 Å². The number of aryl methyl sites for hydroxylation is 3. The van der Waals surface area contributed by atoms with Gasteiger partial charge in [0.15, 0.2) is 0 Å². The summed E-state index contributed by atoms with van der Waals surface area (Å²) in [5, 5.41) is 3.30. The molecule has 0 aliphatic carbocycles. The Morgan fingerprint density at radius 1 is 1.10 bits per heavy atom. The molecule has 1 aromatic heterocycles. The maximum Gasteiger partial charge on any atom is 0.222 e. The molecule has 2 aromatic rings. The first kappa shape index (κ1) is 16.0. The second-order valence-electron chi connectivity index (χ2n) is 5.22. The quantitative estimate of drug-likeness (QED) is 0.852. The van der Waals surface area contributed by atoms with Gasteiger partial charge in [0.05, 0.1) is 0 Å². The van der Waals surface area contributed by atoms with Gasteiger partial charge in [0.2, 0.25) is 5.88 Å². The SMILES string of the molecule is CCNCc1cnc(Oc2cc(C)c(Br)c(C)c2)c(C)c1. The molecule has 0 saturated heterocycles. The van der Waals surface area contributed by atoms with Gasteiger partial charge in [-0.2, -0.15) is 0 Å². The first-order valence-corrected chi connectivity index (χ1v) is 7.91. The minimum atomic E-state index is 0.663. The summed E-state index contributed by atoms with van der Waals surface area (Å²) in [5.41, 5.74) is 4.53. The van der Waals surface area contributed by atoms with E-state index in [4.69, 9.17) is 4.74 Å². The van der Waals surface area contributed by atoms with Crippen LogP contribution >= 0.6 is 15.9 Å².